The molecule has 1 aromatic heterocycles. The largest absolute Gasteiger partial charge is 0.311 e. The molecule has 1 heterocycles. The zero-order valence-corrected chi connectivity index (χ0v) is 14.8. The van der Waals surface area contributed by atoms with E-state index in [0.29, 0.717) is 5.82 Å². The van der Waals surface area contributed by atoms with Gasteiger partial charge in [-0.1, -0.05) is 36.4 Å². The average Bonchev–Trinajstić information content (AvgIpc) is 2.66. The predicted octanol–water partition coefficient (Wildman–Crippen LogP) is 4.93. The van der Waals surface area contributed by atoms with Crippen molar-refractivity contribution in [2.75, 3.05) is 0 Å². The Kier molecular flexibility index (Phi) is 3.42. The number of nitrogens with one attached hydrogen (secondary N) is 1. The molecule has 26 heavy (non-hydrogen) atoms. The monoisotopic (exact) mass is 340 g/mol. The van der Waals surface area contributed by atoms with Crippen LogP contribution in [0.1, 0.15) is 29.8 Å². The van der Waals surface area contributed by atoms with Gasteiger partial charge in [0.1, 0.15) is 5.82 Å². The number of hydrogen-bond donors (Lipinski definition) is 1. The van der Waals surface area contributed by atoms with Crippen LogP contribution in [0.2, 0.25) is 0 Å². The minimum absolute atomic E-state index is 0.0985. The summed E-state index contributed by atoms with van der Waals surface area (Å²) in [7, 11) is 0. The summed E-state index contributed by atoms with van der Waals surface area (Å²) in [5.41, 5.74) is 4.63. The molecule has 0 saturated carbocycles. The number of rotatable bonds is 1. The molecule has 0 amide bonds. The van der Waals surface area contributed by atoms with Crippen LogP contribution in [0, 0.1) is 6.92 Å². The fourth-order valence-corrected chi connectivity index (χ4v) is 4.38. The first-order valence-electron chi connectivity index (χ1n) is 9.25. The molecule has 0 unspecified atom stereocenters. The van der Waals surface area contributed by atoms with Crippen LogP contribution in [0.3, 0.4) is 0 Å². The Bertz CT molecular complexity index is 1220. The molecule has 0 fully saturated rings. The van der Waals surface area contributed by atoms with Gasteiger partial charge in [-0.05, 0) is 71.3 Å². The highest BCUT2D eigenvalue weighted by molar-refractivity contribution is 6.14. The number of aryl methyl sites for hydroxylation is 3. The topological polar surface area (TPSA) is 45.8 Å². The Balaban J connectivity index is 1.98. The molecular formula is C23H20N2O. The number of aromatic nitrogens is 2. The lowest BCUT2D eigenvalue weighted by molar-refractivity contribution is 0.690. The summed E-state index contributed by atoms with van der Waals surface area (Å²) in [5, 5.41) is 4.99. The average molecular weight is 340 g/mol. The van der Waals surface area contributed by atoms with Crippen LogP contribution in [0.25, 0.3) is 32.8 Å². The molecule has 0 saturated heterocycles. The van der Waals surface area contributed by atoms with Gasteiger partial charge in [-0.2, -0.15) is 0 Å². The molecule has 0 bridgehead atoms. The van der Waals surface area contributed by atoms with Crippen LogP contribution >= 0.6 is 0 Å². The SMILES string of the molecule is Cc1nc(-c2cc3ccccc3c3ccc4c(c23)CCCC4)cc(=O)[nH]1. The zero-order valence-electron chi connectivity index (χ0n) is 14.8. The molecule has 3 aromatic carbocycles. The summed E-state index contributed by atoms with van der Waals surface area (Å²) in [6.07, 6.45) is 4.71. The van der Waals surface area contributed by atoms with Gasteiger partial charge in [0.05, 0.1) is 5.69 Å². The number of H-pyrrole nitrogens is 1. The lowest BCUT2D eigenvalue weighted by Crippen LogP contribution is -2.09. The summed E-state index contributed by atoms with van der Waals surface area (Å²) in [6.45, 7) is 1.84. The van der Waals surface area contributed by atoms with E-state index in [1.807, 2.05) is 6.92 Å². The Morgan fingerprint density at radius 3 is 2.69 bits per heavy atom. The fraction of sp³-hybridized carbons (Fsp3) is 0.217. The van der Waals surface area contributed by atoms with E-state index in [1.165, 1.54) is 45.5 Å². The molecule has 4 aromatic rings. The summed E-state index contributed by atoms with van der Waals surface area (Å²) in [4.78, 5) is 19.5. The maximum Gasteiger partial charge on any atom is 0.251 e. The second-order valence-electron chi connectivity index (χ2n) is 7.19. The Hall–Kier alpha value is -2.94. The zero-order chi connectivity index (χ0) is 17.7. The third-order valence-electron chi connectivity index (χ3n) is 5.49. The van der Waals surface area contributed by atoms with E-state index in [4.69, 9.17) is 0 Å². The normalized spacial score (nSPS) is 13.9. The molecule has 0 radical (unpaired) electrons. The van der Waals surface area contributed by atoms with Crippen molar-refractivity contribution >= 4 is 21.5 Å². The third-order valence-corrected chi connectivity index (χ3v) is 5.49. The van der Waals surface area contributed by atoms with Crippen molar-refractivity contribution in [2.45, 2.75) is 32.6 Å². The summed E-state index contributed by atoms with van der Waals surface area (Å²) in [5.74, 6) is 0.651. The van der Waals surface area contributed by atoms with Crippen molar-refractivity contribution in [1.82, 2.24) is 9.97 Å². The first-order valence-corrected chi connectivity index (χ1v) is 9.25. The van der Waals surface area contributed by atoms with Crippen LogP contribution in [-0.4, -0.2) is 9.97 Å². The highest BCUT2D eigenvalue weighted by Gasteiger charge is 2.18. The van der Waals surface area contributed by atoms with Crippen LogP contribution in [0.5, 0.6) is 0 Å². The van der Waals surface area contributed by atoms with Crippen LogP contribution in [-0.2, 0) is 12.8 Å². The summed E-state index contributed by atoms with van der Waals surface area (Å²) in [6, 6.07) is 16.9. The molecule has 128 valence electrons. The van der Waals surface area contributed by atoms with Crippen molar-refractivity contribution in [3.05, 3.63) is 75.8 Å². The van der Waals surface area contributed by atoms with Crippen molar-refractivity contribution in [2.24, 2.45) is 0 Å². The summed E-state index contributed by atoms with van der Waals surface area (Å²) >= 11 is 0. The second kappa shape index (κ2) is 5.80. The van der Waals surface area contributed by atoms with Crippen molar-refractivity contribution in [3.63, 3.8) is 0 Å². The Morgan fingerprint density at radius 1 is 0.962 bits per heavy atom. The van der Waals surface area contributed by atoms with Gasteiger partial charge in [0.25, 0.3) is 5.56 Å². The molecule has 1 aliphatic carbocycles. The Labute approximate surface area is 151 Å². The van der Waals surface area contributed by atoms with E-state index in [2.05, 4.69) is 52.4 Å². The number of hydrogen-bond acceptors (Lipinski definition) is 2. The van der Waals surface area contributed by atoms with Gasteiger partial charge < -0.3 is 4.98 Å². The molecule has 1 N–H and O–H groups in total. The second-order valence-corrected chi connectivity index (χ2v) is 7.19. The van der Waals surface area contributed by atoms with Gasteiger partial charge in [-0.3, -0.25) is 4.79 Å². The van der Waals surface area contributed by atoms with Gasteiger partial charge in [-0.15, -0.1) is 0 Å². The van der Waals surface area contributed by atoms with Gasteiger partial charge in [0.2, 0.25) is 0 Å². The Morgan fingerprint density at radius 2 is 1.81 bits per heavy atom. The van der Waals surface area contributed by atoms with Gasteiger partial charge >= 0.3 is 0 Å². The molecule has 3 heteroatoms. The van der Waals surface area contributed by atoms with Crippen molar-refractivity contribution < 1.29 is 0 Å². The minimum atomic E-state index is -0.0985. The highest BCUT2D eigenvalue weighted by Crippen LogP contribution is 2.39. The smallest absolute Gasteiger partial charge is 0.251 e. The third kappa shape index (κ3) is 2.35. The standard InChI is InChI=1S/C23H20N2O/c1-14-24-21(13-22(26)25-14)20-12-16-7-3-4-8-17(16)19-11-10-15-6-2-5-9-18(15)23(19)20/h3-4,7-8,10-13H,2,5-6,9H2,1H3,(H,24,25,26). The number of benzene rings is 3. The number of aromatic amines is 1. The maximum absolute atomic E-state index is 12.1. The first-order chi connectivity index (χ1) is 12.7. The first kappa shape index (κ1) is 15.3. The quantitative estimate of drug-likeness (QED) is 0.499. The fourth-order valence-electron chi connectivity index (χ4n) is 4.38. The highest BCUT2D eigenvalue weighted by atomic mass is 16.1. The number of fused-ring (bicyclic) bond motifs is 5. The lowest BCUT2D eigenvalue weighted by Gasteiger charge is -2.21. The molecule has 0 atom stereocenters. The van der Waals surface area contributed by atoms with E-state index >= 15 is 0 Å². The lowest BCUT2D eigenvalue weighted by atomic mass is 9.84. The van der Waals surface area contributed by atoms with Crippen LogP contribution in [0.4, 0.5) is 0 Å². The van der Waals surface area contributed by atoms with E-state index in [-0.39, 0.29) is 5.56 Å². The molecule has 0 aliphatic heterocycles. The van der Waals surface area contributed by atoms with E-state index in [9.17, 15) is 4.79 Å². The van der Waals surface area contributed by atoms with Gasteiger partial charge in [0.15, 0.2) is 0 Å². The van der Waals surface area contributed by atoms with Gasteiger partial charge in [0, 0.05) is 11.6 Å². The molecular weight excluding hydrogens is 320 g/mol. The molecule has 1 aliphatic rings. The maximum atomic E-state index is 12.1. The van der Waals surface area contributed by atoms with E-state index < -0.39 is 0 Å². The molecule has 5 rings (SSSR count). The van der Waals surface area contributed by atoms with Gasteiger partial charge in [-0.25, -0.2) is 4.98 Å². The minimum Gasteiger partial charge on any atom is -0.311 e. The van der Waals surface area contributed by atoms with Crippen LogP contribution < -0.4 is 5.56 Å². The number of nitrogens with zero attached hydrogens (tertiary/aromatic N) is 1. The van der Waals surface area contributed by atoms with E-state index in [1.54, 1.807) is 6.07 Å². The van der Waals surface area contributed by atoms with Crippen molar-refractivity contribution in [3.8, 4) is 11.3 Å². The molecule has 3 nitrogen and oxygen atoms in total. The predicted molar refractivity (Wildman–Crippen MR) is 107 cm³/mol. The van der Waals surface area contributed by atoms with Crippen molar-refractivity contribution in [1.29, 1.82) is 0 Å². The summed E-state index contributed by atoms with van der Waals surface area (Å²) < 4.78 is 0. The van der Waals surface area contributed by atoms with Crippen LogP contribution in [0.15, 0.2) is 53.3 Å². The van der Waals surface area contributed by atoms with E-state index in [0.717, 1.165) is 24.1 Å². The molecule has 0 spiro atoms.